The smallest absolute Gasteiger partial charge is 0.153 e. The Morgan fingerprint density at radius 2 is 1.76 bits per heavy atom. The maximum absolute atomic E-state index is 11.2. The van der Waals surface area contributed by atoms with Gasteiger partial charge in [-0.2, -0.15) is 0 Å². The zero-order valence-electron chi connectivity index (χ0n) is 13.3. The van der Waals surface area contributed by atoms with Gasteiger partial charge in [-0.3, -0.25) is 4.90 Å². The van der Waals surface area contributed by atoms with Crippen LogP contribution in [0.5, 0.6) is 0 Å². The number of hydrogen-bond donors (Lipinski definition) is 1. The van der Waals surface area contributed by atoms with Crippen LogP contribution in [0.1, 0.15) is 45.1 Å². The maximum Gasteiger partial charge on any atom is 0.153 e. The van der Waals surface area contributed by atoms with Gasteiger partial charge < -0.3 is 5.11 Å². The van der Waals surface area contributed by atoms with Crippen molar-refractivity contribution in [1.29, 1.82) is 0 Å². The number of hydrogen-bond acceptors (Lipinski definition) is 2. The Labute approximate surface area is 129 Å². The largest absolute Gasteiger partial charge is 0.373 e. The Morgan fingerprint density at radius 1 is 1.14 bits per heavy atom. The molecule has 1 unspecified atom stereocenters. The molecule has 21 heavy (non-hydrogen) atoms. The minimum absolute atomic E-state index is 0.268. The molecular formula is C19H27NO. The molecule has 1 aliphatic rings. The van der Waals surface area contributed by atoms with Gasteiger partial charge in [0.15, 0.2) is 5.60 Å². The molecule has 0 spiro atoms. The van der Waals surface area contributed by atoms with Gasteiger partial charge in [-0.05, 0) is 31.5 Å². The predicted octanol–water partition coefficient (Wildman–Crippen LogP) is 3.41. The van der Waals surface area contributed by atoms with Crippen LogP contribution < -0.4 is 0 Å². The molecule has 2 rings (SSSR count). The summed E-state index contributed by atoms with van der Waals surface area (Å²) in [5, 5.41) is 11.2. The summed E-state index contributed by atoms with van der Waals surface area (Å²) in [5.41, 5.74) is -0.0331. The molecule has 1 aromatic carbocycles. The van der Waals surface area contributed by atoms with Crippen LogP contribution >= 0.6 is 0 Å². The molecule has 0 amide bonds. The first-order valence-electron chi connectivity index (χ1n) is 8.21. The zero-order valence-corrected chi connectivity index (χ0v) is 13.3. The molecule has 1 aromatic rings. The number of nitrogens with zero attached hydrogens (tertiary/aromatic N) is 1. The second-order valence-corrected chi connectivity index (χ2v) is 5.88. The van der Waals surface area contributed by atoms with Gasteiger partial charge in [0.2, 0.25) is 0 Å². The van der Waals surface area contributed by atoms with Crippen molar-refractivity contribution in [1.82, 2.24) is 4.90 Å². The number of rotatable bonds is 5. The molecule has 0 heterocycles. The van der Waals surface area contributed by atoms with E-state index in [2.05, 4.69) is 30.6 Å². The van der Waals surface area contributed by atoms with Crippen LogP contribution in [0.15, 0.2) is 30.3 Å². The minimum atomic E-state index is -0.981. The Kier molecular flexibility index (Phi) is 5.85. The molecule has 114 valence electrons. The van der Waals surface area contributed by atoms with Crippen molar-refractivity contribution in [3.63, 3.8) is 0 Å². The summed E-state index contributed by atoms with van der Waals surface area (Å²) in [5.74, 6) is 6.71. The van der Waals surface area contributed by atoms with E-state index in [0.717, 1.165) is 38.0 Å². The van der Waals surface area contributed by atoms with E-state index in [1.165, 1.54) is 12.8 Å². The van der Waals surface area contributed by atoms with Gasteiger partial charge >= 0.3 is 0 Å². The molecule has 0 aliphatic heterocycles. The summed E-state index contributed by atoms with van der Waals surface area (Å²) in [6, 6.07) is 9.97. The quantitative estimate of drug-likeness (QED) is 0.838. The molecule has 1 N–H and O–H groups in total. The highest BCUT2D eigenvalue weighted by Gasteiger charge is 2.38. The molecule has 1 aliphatic carbocycles. The van der Waals surface area contributed by atoms with Crippen LogP contribution in [-0.2, 0) is 5.60 Å². The lowest BCUT2D eigenvalue weighted by Crippen LogP contribution is -2.32. The van der Waals surface area contributed by atoms with Gasteiger partial charge in [-0.25, -0.2) is 0 Å². The molecule has 0 aromatic heterocycles. The summed E-state index contributed by atoms with van der Waals surface area (Å²) >= 11 is 0. The molecular weight excluding hydrogens is 258 g/mol. The van der Waals surface area contributed by atoms with Gasteiger partial charge in [0.25, 0.3) is 0 Å². The van der Waals surface area contributed by atoms with E-state index in [4.69, 9.17) is 0 Å². The van der Waals surface area contributed by atoms with Crippen LogP contribution in [0.4, 0.5) is 0 Å². The van der Waals surface area contributed by atoms with Crippen LogP contribution in [-0.4, -0.2) is 29.6 Å². The van der Waals surface area contributed by atoms with Crippen molar-refractivity contribution >= 4 is 0 Å². The van der Waals surface area contributed by atoms with Crippen molar-refractivity contribution < 1.29 is 5.11 Å². The molecule has 1 fully saturated rings. The van der Waals surface area contributed by atoms with E-state index in [1.807, 2.05) is 30.3 Å². The fraction of sp³-hybridized carbons (Fsp3) is 0.579. The highest BCUT2D eigenvalue weighted by molar-refractivity contribution is 5.33. The SMILES string of the molecule is CCN(CC)CC#CC(O)(c1ccccc1)C1CCCC1. The standard InChI is InChI=1S/C19H27NO/c1-3-20(4-2)16-10-15-19(21,18-13-8-9-14-18)17-11-6-5-7-12-17/h5-7,11-12,18,21H,3-4,8-9,13-14,16H2,1-2H3. The first kappa shape index (κ1) is 16.1. The molecule has 2 heteroatoms. The van der Waals surface area contributed by atoms with E-state index in [9.17, 15) is 5.11 Å². The molecule has 0 radical (unpaired) electrons. The van der Waals surface area contributed by atoms with E-state index >= 15 is 0 Å². The molecule has 2 nitrogen and oxygen atoms in total. The fourth-order valence-electron chi connectivity index (χ4n) is 3.18. The second kappa shape index (κ2) is 7.64. The Bertz CT molecular complexity index is 477. The fourth-order valence-corrected chi connectivity index (χ4v) is 3.18. The minimum Gasteiger partial charge on any atom is -0.373 e. The van der Waals surface area contributed by atoms with E-state index in [-0.39, 0.29) is 5.92 Å². The topological polar surface area (TPSA) is 23.5 Å². The third-order valence-electron chi connectivity index (χ3n) is 4.64. The van der Waals surface area contributed by atoms with Gasteiger partial charge in [-0.15, -0.1) is 0 Å². The number of aliphatic hydroxyl groups is 1. The third kappa shape index (κ3) is 3.87. The molecule has 1 saturated carbocycles. The Morgan fingerprint density at radius 3 is 2.33 bits per heavy atom. The van der Waals surface area contributed by atoms with Crippen LogP contribution in [0.3, 0.4) is 0 Å². The summed E-state index contributed by atoms with van der Waals surface area (Å²) in [6.07, 6.45) is 4.56. The predicted molar refractivity (Wildman–Crippen MR) is 87.9 cm³/mol. The van der Waals surface area contributed by atoms with Gasteiger partial charge in [0, 0.05) is 5.92 Å². The average Bonchev–Trinajstić information content (AvgIpc) is 3.07. The van der Waals surface area contributed by atoms with Crippen molar-refractivity contribution in [2.75, 3.05) is 19.6 Å². The van der Waals surface area contributed by atoms with Crippen LogP contribution in [0.2, 0.25) is 0 Å². The molecule has 0 saturated heterocycles. The second-order valence-electron chi connectivity index (χ2n) is 5.88. The van der Waals surface area contributed by atoms with Gasteiger partial charge in [0.05, 0.1) is 6.54 Å². The van der Waals surface area contributed by atoms with E-state index in [0.29, 0.717) is 0 Å². The molecule has 0 bridgehead atoms. The first-order valence-corrected chi connectivity index (χ1v) is 8.21. The lowest BCUT2D eigenvalue weighted by atomic mass is 9.80. The monoisotopic (exact) mass is 285 g/mol. The Hall–Kier alpha value is -1.30. The summed E-state index contributed by atoms with van der Waals surface area (Å²) in [6.45, 7) is 7.02. The third-order valence-corrected chi connectivity index (χ3v) is 4.64. The van der Waals surface area contributed by atoms with Crippen LogP contribution in [0, 0.1) is 17.8 Å². The first-order chi connectivity index (χ1) is 10.2. The van der Waals surface area contributed by atoms with Crippen molar-refractivity contribution in [2.45, 2.75) is 45.1 Å². The summed E-state index contributed by atoms with van der Waals surface area (Å²) in [7, 11) is 0. The highest BCUT2D eigenvalue weighted by Crippen LogP contribution is 2.40. The average molecular weight is 285 g/mol. The number of benzene rings is 1. The van der Waals surface area contributed by atoms with Crippen molar-refractivity contribution in [3.05, 3.63) is 35.9 Å². The van der Waals surface area contributed by atoms with Crippen molar-refractivity contribution in [2.24, 2.45) is 5.92 Å². The van der Waals surface area contributed by atoms with E-state index in [1.54, 1.807) is 0 Å². The lowest BCUT2D eigenvalue weighted by Gasteiger charge is -2.29. The normalized spacial score (nSPS) is 18.3. The molecule has 1 atom stereocenters. The van der Waals surface area contributed by atoms with Crippen LogP contribution in [0.25, 0.3) is 0 Å². The zero-order chi connectivity index (χ0) is 15.1. The Balaban J connectivity index is 2.22. The summed E-state index contributed by atoms with van der Waals surface area (Å²) in [4.78, 5) is 2.27. The van der Waals surface area contributed by atoms with E-state index < -0.39 is 5.60 Å². The summed E-state index contributed by atoms with van der Waals surface area (Å²) < 4.78 is 0. The lowest BCUT2D eigenvalue weighted by molar-refractivity contribution is 0.0367. The van der Waals surface area contributed by atoms with Gasteiger partial charge in [-0.1, -0.05) is 68.9 Å². The maximum atomic E-state index is 11.2. The highest BCUT2D eigenvalue weighted by atomic mass is 16.3. The van der Waals surface area contributed by atoms with Gasteiger partial charge in [0.1, 0.15) is 0 Å². The van der Waals surface area contributed by atoms with Crippen molar-refractivity contribution in [3.8, 4) is 11.8 Å².